The Morgan fingerprint density at radius 3 is 2.48 bits per heavy atom. The lowest BCUT2D eigenvalue weighted by Crippen LogP contribution is -2.26. The highest BCUT2D eigenvalue weighted by atomic mass is 16.5. The van der Waals surface area contributed by atoms with Crippen LogP contribution in [0.15, 0.2) is 49.1 Å². The number of ether oxygens (including phenoxy) is 1. The Morgan fingerprint density at radius 1 is 1.33 bits per heavy atom. The molecule has 1 aromatic rings. The fourth-order valence-corrected chi connectivity index (χ4v) is 1.80. The van der Waals surface area contributed by atoms with Crippen LogP contribution in [0.5, 0.6) is 0 Å². The highest BCUT2D eigenvalue weighted by Gasteiger charge is 2.26. The third-order valence-corrected chi connectivity index (χ3v) is 3.00. The number of esters is 1. The number of carbonyl (C=O) groups excluding carboxylic acids is 2. The Labute approximate surface area is 125 Å². The summed E-state index contributed by atoms with van der Waals surface area (Å²) < 4.78 is 4.97. The van der Waals surface area contributed by atoms with Crippen LogP contribution in [0.3, 0.4) is 0 Å². The van der Waals surface area contributed by atoms with E-state index >= 15 is 0 Å². The van der Waals surface area contributed by atoms with E-state index in [1.165, 1.54) is 0 Å². The quantitative estimate of drug-likeness (QED) is 0.476. The molecule has 0 aliphatic heterocycles. The van der Waals surface area contributed by atoms with Crippen molar-refractivity contribution in [2.75, 3.05) is 11.9 Å². The van der Waals surface area contributed by atoms with Crippen LogP contribution in [0.4, 0.5) is 5.69 Å². The number of carbonyl (C=O) groups is 2. The SMILES string of the molecule is C=CCC(C(=C)C(=O)Nc1ccc(C)cc1)C(=O)OCC. The summed E-state index contributed by atoms with van der Waals surface area (Å²) in [5.74, 6) is -1.55. The smallest absolute Gasteiger partial charge is 0.313 e. The summed E-state index contributed by atoms with van der Waals surface area (Å²) in [6.07, 6.45) is 1.89. The summed E-state index contributed by atoms with van der Waals surface area (Å²) in [6, 6.07) is 7.39. The van der Waals surface area contributed by atoms with Crippen molar-refractivity contribution < 1.29 is 14.3 Å². The van der Waals surface area contributed by atoms with Gasteiger partial charge in [-0.1, -0.05) is 30.4 Å². The van der Waals surface area contributed by atoms with Gasteiger partial charge < -0.3 is 10.1 Å². The molecule has 0 fully saturated rings. The molecule has 21 heavy (non-hydrogen) atoms. The first kappa shape index (κ1) is 16.7. The van der Waals surface area contributed by atoms with Gasteiger partial charge in [0, 0.05) is 11.3 Å². The Balaban J connectivity index is 2.78. The number of anilines is 1. The molecule has 112 valence electrons. The predicted molar refractivity (Wildman–Crippen MR) is 83.9 cm³/mol. The molecule has 0 aliphatic rings. The highest BCUT2D eigenvalue weighted by Crippen LogP contribution is 2.19. The van der Waals surface area contributed by atoms with E-state index in [1.54, 1.807) is 25.1 Å². The van der Waals surface area contributed by atoms with Crippen molar-refractivity contribution in [3.63, 3.8) is 0 Å². The monoisotopic (exact) mass is 287 g/mol. The van der Waals surface area contributed by atoms with E-state index in [1.807, 2.05) is 19.1 Å². The van der Waals surface area contributed by atoms with Crippen molar-refractivity contribution in [1.29, 1.82) is 0 Å². The number of hydrogen-bond acceptors (Lipinski definition) is 3. The van der Waals surface area contributed by atoms with Crippen LogP contribution in [0.2, 0.25) is 0 Å². The molecule has 0 saturated carbocycles. The van der Waals surface area contributed by atoms with Crippen LogP contribution in [0.25, 0.3) is 0 Å². The summed E-state index contributed by atoms with van der Waals surface area (Å²) in [4.78, 5) is 24.0. The highest BCUT2D eigenvalue weighted by molar-refractivity contribution is 6.06. The van der Waals surface area contributed by atoms with E-state index in [0.717, 1.165) is 5.56 Å². The van der Waals surface area contributed by atoms with Crippen molar-refractivity contribution in [3.05, 3.63) is 54.6 Å². The zero-order valence-electron chi connectivity index (χ0n) is 12.5. The van der Waals surface area contributed by atoms with Crippen LogP contribution < -0.4 is 5.32 Å². The summed E-state index contributed by atoms with van der Waals surface area (Å²) in [5, 5.41) is 2.72. The molecule has 0 spiro atoms. The number of benzene rings is 1. The Bertz CT molecular complexity index is 531. The maximum absolute atomic E-state index is 12.2. The van der Waals surface area contributed by atoms with Gasteiger partial charge in [-0.25, -0.2) is 0 Å². The van der Waals surface area contributed by atoms with Gasteiger partial charge in [0.25, 0.3) is 5.91 Å². The van der Waals surface area contributed by atoms with Crippen molar-refractivity contribution in [2.24, 2.45) is 5.92 Å². The molecule has 0 heterocycles. The van der Waals surface area contributed by atoms with Gasteiger partial charge in [-0.2, -0.15) is 0 Å². The second kappa shape index (κ2) is 8.04. The van der Waals surface area contributed by atoms with E-state index in [2.05, 4.69) is 18.5 Å². The first-order valence-corrected chi connectivity index (χ1v) is 6.84. The molecule has 1 unspecified atom stereocenters. The molecule has 4 heteroatoms. The normalized spacial score (nSPS) is 11.3. The first-order chi connectivity index (χ1) is 9.99. The second-order valence-electron chi connectivity index (χ2n) is 4.67. The van der Waals surface area contributed by atoms with Gasteiger partial charge >= 0.3 is 5.97 Å². The molecule has 1 rings (SSSR count). The van der Waals surface area contributed by atoms with Crippen LogP contribution in [0, 0.1) is 12.8 Å². The Morgan fingerprint density at radius 2 is 1.95 bits per heavy atom. The van der Waals surface area contributed by atoms with Gasteiger partial charge in [-0.3, -0.25) is 9.59 Å². The number of amides is 1. The molecular weight excluding hydrogens is 266 g/mol. The Kier molecular flexibility index (Phi) is 6.40. The van der Waals surface area contributed by atoms with Gasteiger partial charge in [0.2, 0.25) is 0 Å². The maximum atomic E-state index is 12.2. The second-order valence-corrected chi connectivity index (χ2v) is 4.67. The van der Waals surface area contributed by atoms with Gasteiger partial charge in [-0.05, 0) is 32.4 Å². The summed E-state index contributed by atoms with van der Waals surface area (Å²) >= 11 is 0. The van der Waals surface area contributed by atoms with Crippen molar-refractivity contribution in [2.45, 2.75) is 20.3 Å². The van der Waals surface area contributed by atoms with Crippen molar-refractivity contribution in [3.8, 4) is 0 Å². The number of rotatable bonds is 7. The third-order valence-electron chi connectivity index (χ3n) is 3.00. The van der Waals surface area contributed by atoms with E-state index in [-0.39, 0.29) is 12.2 Å². The average molecular weight is 287 g/mol. The van der Waals surface area contributed by atoms with Gasteiger partial charge in [-0.15, -0.1) is 6.58 Å². The van der Waals surface area contributed by atoms with E-state index in [4.69, 9.17) is 4.74 Å². The minimum Gasteiger partial charge on any atom is -0.466 e. The molecule has 1 atom stereocenters. The number of hydrogen-bond donors (Lipinski definition) is 1. The molecule has 1 aromatic carbocycles. The fraction of sp³-hybridized carbons (Fsp3) is 0.294. The molecule has 0 saturated heterocycles. The lowest BCUT2D eigenvalue weighted by atomic mass is 9.96. The van der Waals surface area contributed by atoms with Crippen LogP contribution in [-0.2, 0) is 14.3 Å². The summed E-state index contributed by atoms with van der Waals surface area (Å²) in [5.41, 5.74) is 1.93. The van der Waals surface area contributed by atoms with Gasteiger partial charge in [0.1, 0.15) is 0 Å². The molecule has 0 radical (unpaired) electrons. The fourth-order valence-electron chi connectivity index (χ4n) is 1.80. The van der Waals surface area contributed by atoms with Gasteiger partial charge in [0.05, 0.1) is 12.5 Å². The van der Waals surface area contributed by atoms with Crippen LogP contribution in [-0.4, -0.2) is 18.5 Å². The largest absolute Gasteiger partial charge is 0.466 e. The molecule has 1 N–H and O–H groups in total. The zero-order valence-corrected chi connectivity index (χ0v) is 12.5. The summed E-state index contributed by atoms with van der Waals surface area (Å²) in [6.45, 7) is 11.3. The molecule has 1 amide bonds. The topological polar surface area (TPSA) is 55.4 Å². The number of nitrogens with one attached hydrogen (secondary N) is 1. The average Bonchev–Trinajstić information content (AvgIpc) is 2.46. The molecule has 0 aromatic heterocycles. The maximum Gasteiger partial charge on any atom is 0.313 e. The van der Waals surface area contributed by atoms with E-state index in [9.17, 15) is 9.59 Å². The molecule has 0 bridgehead atoms. The van der Waals surface area contributed by atoms with E-state index in [0.29, 0.717) is 12.1 Å². The van der Waals surface area contributed by atoms with E-state index < -0.39 is 17.8 Å². The van der Waals surface area contributed by atoms with Crippen molar-refractivity contribution >= 4 is 17.6 Å². The first-order valence-electron chi connectivity index (χ1n) is 6.84. The molecular formula is C17H21NO3. The number of allylic oxidation sites excluding steroid dienone is 1. The minimum absolute atomic E-state index is 0.175. The third kappa shape index (κ3) is 4.91. The van der Waals surface area contributed by atoms with Crippen LogP contribution in [0.1, 0.15) is 18.9 Å². The predicted octanol–water partition coefficient (Wildman–Crippen LogP) is 3.25. The van der Waals surface area contributed by atoms with Crippen LogP contribution >= 0.6 is 0 Å². The van der Waals surface area contributed by atoms with Gasteiger partial charge in [0.15, 0.2) is 0 Å². The zero-order chi connectivity index (χ0) is 15.8. The summed E-state index contributed by atoms with van der Waals surface area (Å²) in [7, 11) is 0. The molecule has 4 nitrogen and oxygen atoms in total. The minimum atomic E-state index is -0.701. The molecule has 0 aliphatic carbocycles. The lowest BCUT2D eigenvalue weighted by molar-refractivity contribution is -0.147. The number of aryl methyl sites for hydroxylation is 1. The lowest BCUT2D eigenvalue weighted by Gasteiger charge is -2.16. The Hall–Kier alpha value is -2.36. The van der Waals surface area contributed by atoms with Crippen molar-refractivity contribution in [1.82, 2.24) is 0 Å². The standard InChI is InChI=1S/C17H21NO3/c1-5-7-15(17(20)21-6-2)13(4)16(19)18-14-10-8-12(3)9-11-14/h5,8-11,15H,1,4,6-7H2,2-3H3,(H,18,19).